The maximum Gasteiger partial charge on any atom is 0.574 e. The molecule has 10 heteroatoms. The maximum atomic E-state index is 12.8. The van der Waals surface area contributed by atoms with E-state index in [1.807, 2.05) is 0 Å². The molecule has 0 bridgehead atoms. The number of halogens is 6. The summed E-state index contributed by atoms with van der Waals surface area (Å²) >= 11 is 2.78. The first-order chi connectivity index (χ1) is 9.19. The highest BCUT2D eigenvalue weighted by molar-refractivity contribution is 9.08. The smallest absolute Gasteiger partial charge is 0.464 e. The summed E-state index contributed by atoms with van der Waals surface area (Å²) < 4.78 is 70.1. The van der Waals surface area contributed by atoms with E-state index in [1.165, 1.54) is 0 Å². The molecule has 0 N–H and O–H groups in total. The Balaban J connectivity index is 3.45. The van der Waals surface area contributed by atoms with Crippen molar-refractivity contribution in [1.82, 2.24) is 4.98 Å². The first-order valence-corrected chi connectivity index (χ1v) is 6.03. The minimum Gasteiger partial charge on any atom is -0.464 e. The van der Waals surface area contributed by atoms with Gasteiger partial charge in [0.15, 0.2) is 5.69 Å². The molecule has 0 fully saturated rings. The highest BCUT2D eigenvalue weighted by atomic mass is 79.9. The normalized spacial score (nSPS) is 11.6. The van der Waals surface area contributed by atoms with Crippen LogP contribution in [0, 0.1) is 0 Å². The summed E-state index contributed by atoms with van der Waals surface area (Å²) in [6.45, 7) is 0. The number of aromatic nitrogens is 1. The van der Waals surface area contributed by atoms with Gasteiger partial charge < -0.3 is 9.47 Å². The SMILES string of the molecule is COC(=O)c1cc(C(F)F)c(CBr)c(OC(F)(F)F)n1. The number of pyridine rings is 1. The second kappa shape index (κ2) is 6.33. The molecule has 0 amide bonds. The van der Waals surface area contributed by atoms with Crippen LogP contribution in [0.4, 0.5) is 22.0 Å². The predicted octanol–water partition coefficient (Wildman–Crippen LogP) is 3.60. The third-order valence-electron chi connectivity index (χ3n) is 2.10. The summed E-state index contributed by atoms with van der Waals surface area (Å²) in [7, 11) is 0.939. The summed E-state index contributed by atoms with van der Waals surface area (Å²) in [5, 5.41) is -0.355. The van der Waals surface area contributed by atoms with Crippen molar-refractivity contribution in [3.8, 4) is 5.88 Å². The molecule has 4 nitrogen and oxygen atoms in total. The third-order valence-corrected chi connectivity index (χ3v) is 2.66. The summed E-state index contributed by atoms with van der Waals surface area (Å²) in [6.07, 6.45) is -8.23. The number of methoxy groups -OCH3 is 1. The Morgan fingerprint density at radius 1 is 1.45 bits per heavy atom. The van der Waals surface area contributed by atoms with Crippen LogP contribution in [-0.4, -0.2) is 24.4 Å². The molecule has 20 heavy (non-hydrogen) atoms. The molecule has 0 aliphatic rings. The lowest BCUT2D eigenvalue weighted by atomic mass is 10.1. The fourth-order valence-corrected chi connectivity index (χ4v) is 1.86. The number of ether oxygens (including phenoxy) is 2. The molecule has 0 radical (unpaired) electrons. The highest BCUT2D eigenvalue weighted by Crippen LogP contribution is 2.34. The Morgan fingerprint density at radius 3 is 2.45 bits per heavy atom. The quantitative estimate of drug-likeness (QED) is 0.466. The van der Waals surface area contributed by atoms with Crippen LogP contribution in [0.3, 0.4) is 0 Å². The Morgan fingerprint density at radius 2 is 2.05 bits per heavy atom. The average molecular weight is 364 g/mol. The minimum atomic E-state index is -5.13. The van der Waals surface area contributed by atoms with E-state index >= 15 is 0 Å². The lowest BCUT2D eigenvalue weighted by Crippen LogP contribution is -2.20. The van der Waals surface area contributed by atoms with Crippen LogP contribution in [0.25, 0.3) is 0 Å². The molecule has 1 aromatic heterocycles. The molecule has 0 atom stereocenters. The molecular formula is C10H7BrF5NO3. The zero-order valence-electron chi connectivity index (χ0n) is 9.80. The van der Waals surface area contributed by atoms with Gasteiger partial charge in [-0.05, 0) is 6.07 Å². The van der Waals surface area contributed by atoms with Crippen molar-refractivity contribution in [2.75, 3.05) is 7.11 Å². The minimum absolute atomic E-state index is 0.355. The number of alkyl halides is 6. The van der Waals surface area contributed by atoms with Crippen LogP contribution >= 0.6 is 15.9 Å². The van der Waals surface area contributed by atoms with Crippen LogP contribution in [0.2, 0.25) is 0 Å². The van der Waals surface area contributed by atoms with Crippen LogP contribution in [-0.2, 0) is 10.1 Å². The van der Waals surface area contributed by atoms with E-state index in [4.69, 9.17) is 0 Å². The van der Waals surface area contributed by atoms with Crippen LogP contribution < -0.4 is 4.74 Å². The summed E-state index contributed by atoms with van der Waals surface area (Å²) in [4.78, 5) is 14.5. The van der Waals surface area contributed by atoms with Crippen molar-refractivity contribution >= 4 is 21.9 Å². The number of esters is 1. The zero-order chi connectivity index (χ0) is 15.5. The Labute approximate surface area is 118 Å². The van der Waals surface area contributed by atoms with Gasteiger partial charge in [-0.25, -0.2) is 18.6 Å². The van der Waals surface area contributed by atoms with Gasteiger partial charge in [-0.15, -0.1) is 13.2 Å². The molecule has 0 aliphatic heterocycles. The van der Waals surface area contributed by atoms with Crippen molar-refractivity contribution < 1.29 is 36.2 Å². The van der Waals surface area contributed by atoms with Crippen molar-refractivity contribution in [2.45, 2.75) is 18.1 Å². The predicted molar refractivity (Wildman–Crippen MR) is 59.8 cm³/mol. The summed E-state index contributed by atoms with van der Waals surface area (Å²) in [6, 6.07) is 0.663. The van der Waals surface area contributed by atoms with Crippen molar-refractivity contribution in [3.63, 3.8) is 0 Å². The van der Waals surface area contributed by atoms with Gasteiger partial charge in [0.1, 0.15) is 0 Å². The topological polar surface area (TPSA) is 48.4 Å². The number of carbonyl (C=O) groups excluding carboxylic acids is 1. The standard InChI is InChI=1S/C10H7BrF5NO3/c1-19-9(18)6-2-4(7(12)13)5(3-11)8(17-6)20-10(14,15)16/h2,7H,3H2,1H3. The van der Waals surface area contributed by atoms with Crippen molar-refractivity contribution in [3.05, 3.63) is 22.9 Å². The van der Waals surface area contributed by atoms with Gasteiger partial charge in [-0.2, -0.15) is 0 Å². The Bertz CT molecular complexity index is 506. The number of nitrogens with zero attached hydrogens (tertiary/aromatic N) is 1. The van der Waals surface area contributed by atoms with Gasteiger partial charge >= 0.3 is 12.3 Å². The molecule has 1 heterocycles. The highest BCUT2D eigenvalue weighted by Gasteiger charge is 2.34. The zero-order valence-corrected chi connectivity index (χ0v) is 11.4. The number of hydrogen-bond acceptors (Lipinski definition) is 4. The first kappa shape index (κ1) is 16.6. The van der Waals surface area contributed by atoms with Gasteiger partial charge in [-0.3, -0.25) is 0 Å². The average Bonchev–Trinajstić information content (AvgIpc) is 2.34. The fourth-order valence-electron chi connectivity index (χ4n) is 1.30. The van der Waals surface area contributed by atoms with Crippen LogP contribution in [0.1, 0.15) is 28.0 Å². The van der Waals surface area contributed by atoms with Crippen molar-refractivity contribution in [2.24, 2.45) is 0 Å². The monoisotopic (exact) mass is 363 g/mol. The number of carbonyl (C=O) groups is 1. The van der Waals surface area contributed by atoms with Gasteiger partial charge in [0.25, 0.3) is 6.43 Å². The van der Waals surface area contributed by atoms with Crippen LogP contribution in [0.15, 0.2) is 6.07 Å². The fraction of sp³-hybridized carbons (Fsp3) is 0.400. The second-order valence-electron chi connectivity index (χ2n) is 3.35. The molecule has 0 saturated heterocycles. The molecule has 0 aromatic carbocycles. The van der Waals surface area contributed by atoms with E-state index in [9.17, 15) is 26.7 Å². The Hall–Kier alpha value is -1.45. The maximum absolute atomic E-state index is 12.8. The largest absolute Gasteiger partial charge is 0.574 e. The molecular weight excluding hydrogens is 357 g/mol. The molecule has 0 saturated carbocycles. The lowest BCUT2D eigenvalue weighted by Gasteiger charge is -2.15. The van der Waals surface area contributed by atoms with E-state index in [0.717, 1.165) is 7.11 Å². The third kappa shape index (κ3) is 4.02. The molecule has 1 rings (SSSR count). The number of hydrogen-bond donors (Lipinski definition) is 0. The van der Waals surface area contributed by atoms with E-state index in [2.05, 4.69) is 30.4 Å². The van der Waals surface area contributed by atoms with Gasteiger partial charge in [0.2, 0.25) is 5.88 Å². The first-order valence-electron chi connectivity index (χ1n) is 4.91. The van der Waals surface area contributed by atoms with E-state index in [1.54, 1.807) is 0 Å². The van der Waals surface area contributed by atoms with E-state index in [0.29, 0.717) is 6.07 Å². The molecule has 0 spiro atoms. The van der Waals surface area contributed by atoms with Crippen molar-refractivity contribution in [1.29, 1.82) is 0 Å². The summed E-state index contributed by atoms with van der Waals surface area (Å²) in [5.74, 6) is -2.27. The summed E-state index contributed by atoms with van der Waals surface area (Å²) in [5.41, 5.74) is -1.99. The van der Waals surface area contributed by atoms with Gasteiger partial charge in [0, 0.05) is 16.5 Å². The van der Waals surface area contributed by atoms with Crippen LogP contribution in [0.5, 0.6) is 5.88 Å². The molecule has 112 valence electrons. The second-order valence-corrected chi connectivity index (χ2v) is 3.91. The number of rotatable bonds is 4. The van der Waals surface area contributed by atoms with Gasteiger partial charge in [-0.1, -0.05) is 15.9 Å². The Kier molecular flexibility index (Phi) is 5.26. The van der Waals surface area contributed by atoms with Gasteiger partial charge in [0.05, 0.1) is 7.11 Å². The molecule has 0 aliphatic carbocycles. The molecule has 1 aromatic rings. The molecule has 0 unspecified atom stereocenters. The van der Waals surface area contributed by atoms with E-state index < -0.39 is 41.5 Å². The lowest BCUT2D eigenvalue weighted by molar-refractivity contribution is -0.276. The van der Waals surface area contributed by atoms with E-state index in [-0.39, 0.29) is 5.33 Å².